The zero-order chi connectivity index (χ0) is 10.1. The molecule has 0 aliphatic carbocycles. The van der Waals surface area contributed by atoms with Gasteiger partial charge in [0.1, 0.15) is 0 Å². The Labute approximate surface area is 77.7 Å². The van der Waals surface area contributed by atoms with Crippen LogP contribution in [0.1, 0.15) is 19.5 Å². The minimum Gasteiger partial charge on any atom is -0.327 e. The fourth-order valence-electron chi connectivity index (χ4n) is 1.42. The van der Waals surface area contributed by atoms with Crippen LogP contribution in [0.25, 0.3) is 0 Å². The Morgan fingerprint density at radius 3 is 2.62 bits per heavy atom. The van der Waals surface area contributed by atoms with Gasteiger partial charge in [0, 0.05) is 19.8 Å². The predicted octanol–water partition coefficient (Wildman–Crippen LogP) is 1.20. The Bertz CT molecular complexity index is 282. The summed E-state index contributed by atoms with van der Waals surface area (Å²) in [5, 5.41) is 3.93. The van der Waals surface area contributed by atoms with Crippen LogP contribution >= 0.6 is 0 Å². The third-order valence-corrected chi connectivity index (χ3v) is 2.46. The lowest BCUT2D eigenvalue weighted by Gasteiger charge is -2.27. The molecule has 0 aliphatic rings. The minimum absolute atomic E-state index is 0.00972. The standard InChI is InChI=1S/C9H16FN3/c1-7(2)9(10,6-11)8-4-5-12-13(8)3/h4-5,7H,6,11H2,1-3H3. The molecule has 4 heteroatoms. The first-order valence-corrected chi connectivity index (χ1v) is 4.40. The predicted molar refractivity (Wildman–Crippen MR) is 49.9 cm³/mol. The van der Waals surface area contributed by atoms with Crippen molar-refractivity contribution in [1.29, 1.82) is 0 Å². The first kappa shape index (κ1) is 10.2. The maximum absolute atomic E-state index is 14.3. The summed E-state index contributed by atoms with van der Waals surface area (Å²) in [5.41, 5.74) is 4.53. The number of halogens is 1. The van der Waals surface area contributed by atoms with Gasteiger partial charge in [-0.2, -0.15) is 5.10 Å². The Hall–Kier alpha value is -0.900. The highest BCUT2D eigenvalue weighted by atomic mass is 19.1. The number of hydrogen-bond donors (Lipinski definition) is 1. The lowest BCUT2D eigenvalue weighted by molar-refractivity contribution is 0.0986. The number of nitrogens with two attached hydrogens (primary N) is 1. The largest absolute Gasteiger partial charge is 0.327 e. The minimum atomic E-state index is -1.47. The normalized spacial score (nSPS) is 16.2. The average molecular weight is 185 g/mol. The number of aromatic nitrogens is 2. The van der Waals surface area contributed by atoms with Gasteiger partial charge in [0.25, 0.3) is 0 Å². The van der Waals surface area contributed by atoms with Gasteiger partial charge in [-0.25, -0.2) is 4.39 Å². The molecule has 74 valence electrons. The first-order chi connectivity index (χ1) is 6.02. The topological polar surface area (TPSA) is 43.8 Å². The molecule has 0 bridgehead atoms. The van der Waals surface area contributed by atoms with E-state index in [1.165, 1.54) is 4.68 Å². The van der Waals surface area contributed by atoms with Crippen LogP contribution in [-0.4, -0.2) is 16.3 Å². The van der Waals surface area contributed by atoms with E-state index in [2.05, 4.69) is 5.10 Å². The van der Waals surface area contributed by atoms with E-state index in [1.54, 1.807) is 19.3 Å². The van der Waals surface area contributed by atoms with Crippen molar-refractivity contribution < 1.29 is 4.39 Å². The molecule has 0 amide bonds. The molecule has 0 radical (unpaired) electrons. The molecule has 1 heterocycles. The Kier molecular flexibility index (Phi) is 2.71. The second-order valence-corrected chi connectivity index (χ2v) is 3.56. The van der Waals surface area contributed by atoms with Gasteiger partial charge in [-0.15, -0.1) is 0 Å². The molecule has 13 heavy (non-hydrogen) atoms. The lowest BCUT2D eigenvalue weighted by Crippen LogP contribution is -2.37. The number of nitrogens with zero attached hydrogens (tertiary/aromatic N) is 2. The molecule has 0 saturated heterocycles. The van der Waals surface area contributed by atoms with Crippen molar-refractivity contribution in [3.05, 3.63) is 18.0 Å². The molecule has 1 unspecified atom stereocenters. The van der Waals surface area contributed by atoms with Crippen LogP contribution in [0.2, 0.25) is 0 Å². The van der Waals surface area contributed by atoms with Crippen molar-refractivity contribution in [3.8, 4) is 0 Å². The monoisotopic (exact) mass is 185 g/mol. The highest BCUT2D eigenvalue weighted by Gasteiger charge is 2.36. The summed E-state index contributed by atoms with van der Waals surface area (Å²) in [6, 6.07) is 1.67. The van der Waals surface area contributed by atoms with Crippen molar-refractivity contribution in [2.24, 2.45) is 18.7 Å². The van der Waals surface area contributed by atoms with Gasteiger partial charge in [0.15, 0.2) is 5.67 Å². The molecule has 1 rings (SSSR count). The average Bonchev–Trinajstić information content (AvgIpc) is 2.50. The summed E-state index contributed by atoms with van der Waals surface area (Å²) in [5.74, 6) is -0.145. The molecule has 2 N–H and O–H groups in total. The van der Waals surface area contributed by atoms with E-state index in [-0.39, 0.29) is 12.5 Å². The fourth-order valence-corrected chi connectivity index (χ4v) is 1.42. The Balaban J connectivity index is 3.10. The van der Waals surface area contributed by atoms with E-state index >= 15 is 0 Å². The molecular weight excluding hydrogens is 169 g/mol. The van der Waals surface area contributed by atoms with Crippen LogP contribution < -0.4 is 5.73 Å². The SMILES string of the molecule is CC(C)C(F)(CN)c1ccnn1C. The molecule has 1 aromatic rings. The summed E-state index contributed by atoms with van der Waals surface area (Å²) in [4.78, 5) is 0. The van der Waals surface area contributed by atoms with Crippen LogP contribution in [0.4, 0.5) is 4.39 Å². The molecule has 1 atom stereocenters. The van der Waals surface area contributed by atoms with Gasteiger partial charge in [-0.1, -0.05) is 13.8 Å². The number of hydrogen-bond acceptors (Lipinski definition) is 2. The molecule has 0 aliphatic heterocycles. The second-order valence-electron chi connectivity index (χ2n) is 3.56. The molecule has 0 spiro atoms. The van der Waals surface area contributed by atoms with E-state index in [9.17, 15) is 4.39 Å². The summed E-state index contributed by atoms with van der Waals surface area (Å²) in [6.45, 7) is 3.63. The fraction of sp³-hybridized carbons (Fsp3) is 0.667. The van der Waals surface area contributed by atoms with Crippen molar-refractivity contribution in [3.63, 3.8) is 0 Å². The van der Waals surface area contributed by atoms with Crippen LogP contribution in [0.3, 0.4) is 0 Å². The third-order valence-electron chi connectivity index (χ3n) is 2.46. The van der Waals surface area contributed by atoms with Crippen molar-refractivity contribution in [2.45, 2.75) is 19.5 Å². The zero-order valence-corrected chi connectivity index (χ0v) is 8.29. The smallest absolute Gasteiger partial charge is 0.166 e. The van der Waals surface area contributed by atoms with E-state index in [1.807, 2.05) is 13.8 Å². The molecule has 1 aromatic heterocycles. The maximum atomic E-state index is 14.3. The summed E-state index contributed by atoms with van der Waals surface area (Å²) >= 11 is 0. The molecule has 3 nitrogen and oxygen atoms in total. The van der Waals surface area contributed by atoms with Crippen LogP contribution in [0.5, 0.6) is 0 Å². The number of rotatable bonds is 3. The van der Waals surface area contributed by atoms with Crippen molar-refractivity contribution >= 4 is 0 Å². The number of alkyl halides is 1. The van der Waals surface area contributed by atoms with E-state index < -0.39 is 5.67 Å². The molecule has 0 saturated carbocycles. The second kappa shape index (κ2) is 3.46. The van der Waals surface area contributed by atoms with Crippen LogP contribution in [0.15, 0.2) is 12.3 Å². The lowest BCUT2D eigenvalue weighted by atomic mass is 9.89. The summed E-state index contributed by atoms with van der Waals surface area (Å²) in [6.07, 6.45) is 1.59. The maximum Gasteiger partial charge on any atom is 0.166 e. The van der Waals surface area contributed by atoms with E-state index in [0.29, 0.717) is 5.69 Å². The molecule has 0 fully saturated rings. The van der Waals surface area contributed by atoms with Gasteiger partial charge >= 0.3 is 0 Å². The highest BCUT2D eigenvalue weighted by molar-refractivity contribution is 5.13. The van der Waals surface area contributed by atoms with Gasteiger partial charge in [-0.3, -0.25) is 4.68 Å². The van der Waals surface area contributed by atoms with Crippen molar-refractivity contribution in [1.82, 2.24) is 9.78 Å². The van der Waals surface area contributed by atoms with Crippen LogP contribution in [0, 0.1) is 5.92 Å². The van der Waals surface area contributed by atoms with Gasteiger partial charge < -0.3 is 5.73 Å². The van der Waals surface area contributed by atoms with Gasteiger partial charge in [0.05, 0.1) is 5.69 Å². The van der Waals surface area contributed by atoms with Gasteiger partial charge in [0.2, 0.25) is 0 Å². The third kappa shape index (κ3) is 1.58. The Morgan fingerprint density at radius 2 is 2.31 bits per heavy atom. The zero-order valence-electron chi connectivity index (χ0n) is 8.29. The summed E-state index contributed by atoms with van der Waals surface area (Å²) < 4.78 is 15.8. The van der Waals surface area contributed by atoms with Crippen LogP contribution in [-0.2, 0) is 12.7 Å². The Morgan fingerprint density at radius 1 is 1.69 bits per heavy atom. The number of aryl methyl sites for hydroxylation is 1. The van der Waals surface area contributed by atoms with E-state index in [0.717, 1.165) is 0 Å². The quantitative estimate of drug-likeness (QED) is 0.769. The molecular formula is C9H16FN3. The van der Waals surface area contributed by atoms with E-state index in [4.69, 9.17) is 5.73 Å². The van der Waals surface area contributed by atoms with Gasteiger partial charge in [-0.05, 0) is 12.0 Å². The first-order valence-electron chi connectivity index (χ1n) is 4.40. The van der Waals surface area contributed by atoms with Crippen molar-refractivity contribution in [2.75, 3.05) is 6.54 Å². The highest BCUT2D eigenvalue weighted by Crippen LogP contribution is 2.32. The molecule has 0 aromatic carbocycles. The summed E-state index contributed by atoms with van der Waals surface area (Å²) in [7, 11) is 1.72.